The SMILES string of the molecule is CCOC(=O)c1c(C)oc2nc(COC(=O)CSc3cc(Cl)ccc3Cl)nc(N)c12. The summed E-state index contributed by atoms with van der Waals surface area (Å²) in [4.78, 5) is 33.2. The van der Waals surface area contributed by atoms with Crippen molar-refractivity contribution in [3.8, 4) is 0 Å². The Hall–Kier alpha value is -2.49. The van der Waals surface area contributed by atoms with Gasteiger partial charge in [0.2, 0.25) is 5.71 Å². The molecule has 2 aromatic heterocycles. The molecule has 2 heterocycles. The van der Waals surface area contributed by atoms with E-state index in [0.29, 0.717) is 20.7 Å². The van der Waals surface area contributed by atoms with Crippen LogP contribution in [0.3, 0.4) is 0 Å². The number of halogens is 2. The fourth-order valence-electron chi connectivity index (χ4n) is 2.61. The molecule has 30 heavy (non-hydrogen) atoms. The second-order valence-electron chi connectivity index (χ2n) is 5.98. The summed E-state index contributed by atoms with van der Waals surface area (Å²) in [5.74, 6) is -0.561. The van der Waals surface area contributed by atoms with Gasteiger partial charge in [0.25, 0.3) is 0 Å². The van der Waals surface area contributed by atoms with Crippen LogP contribution in [0.1, 0.15) is 28.9 Å². The number of nitrogens with two attached hydrogens (primary N) is 1. The van der Waals surface area contributed by atoms with Crippen molar-refractivity contribution in [2.24, 2.45) is 0 Å². The molecule has 0 aliphatic heterocycles. The molecule has 11 heteroatoms. The molecule has 0 aliphatic rings. The number of anilines is 1. The van der Waals surface area contributed by atoms with Gasteiger partial charge >= 0.3 is 11.9 Å². The minimum absolute atomic E-state index is 0.0185. The van der Waals surface area contributed by atoms with Gasteiger partial charge in [-0.15, -0.1) is 11.8 Å². The molecular weight excluding hydrogens is 453 g/mol. The van der Waals surface area contributed by atoms with Crippen molar-refractivity contribution in [1.82, 2.24) is 9.97 Å². The molecule has 0 saturated carbocycles. The van der Waals surface area contributed by atoms with E-state index in [1.807, 2.05) is 0 Å². The molecule has 0 aliphatic carbocycles. The monoisotopic (exact) mass is 469 g/mol. The lowest BCUT2D eigenvalue weighted by Crippen LogP contribution is -2.11. The van der Waals surface area contributed by atoms with Crippen molar-refractivity contribution in [2.45, 2.75) is 25.3 Å². The van der Waals surface area contributed by atoms with E-state index in [1.165, 1.54) is 11.8 Å². The Labute approximate surface area is 186 Å². The molecule has 0 fully saturated rings. The first kappa shape index (κ1) is 22.2. The second-order valence-corrected chi connectivity index (χ2v) is 7.84. The summed E-state index contributed by atoms with van der Waals surface area (Å²) < 4.78 is 15.7. The number of thioether (sulfide) groups is 1. The number of aromatic nitrogens is 2. The summed E-state index contributed by atoms with van der Waals surface area (Å²) >= 11 is 13.2. The van der Waals surface area contributed by atoms with Crippen molar-refractivity contribution in [2.75, 3.05) is 18.1 Å². The van der Waals surface area contributed by atoms with Gasteiger partial charge in [-0.3, -0.25) is 4.79 Å². The smallest absolute Gasteiger partial charge is 0.342 e. The van der Waals surface area contributed by atoms with E-state index in [2.05, 4.69) is 9.97 Å². The van der Waals surface area contributed by atoms with Crippen LogP contribution in [0.4, 0.5) is 5.82 Å². The normalized spacial score (nSPS) is 10.9. The highest BCUT2D eigenvalue weighted by Gasteiger charge is 2.24. The summed E-state index contributed by atoms with van der Waals surface area (Å²) in [5.41, 5.74) is 6.29. The fourth-order valence-corrected chi connectivity index (χ4v) is 3.90. The maximum absolute atomic E-state index is 12.1. The molecule has 1 aromatic carbocycles. The molecule has 0 saturated heterocycles. The predicted octanol–water partition coefficient (Wildman–Crippen LogP) is 4.43. The van der Waals surface area contributed by atoms with Gasteiger partial charge in [0.1, 0.15) is 17.1 Å². The number of ether oxygens (including phenoxy) is 2. The van der Waals surface area contributed by atoms with Crippen molar-refractivity contribution < 1.29 is 23.5 Å². The van der Waals surface area contributed by atoms with Crippen LogP contribution in [0.25, 0.3) is 11.1 Å². The van der Waals surface area contributed by atoms with Gasteiger partial charge in [0, 0.05) is 9.92 Å². The number of hydrogen-bond acceptors (Lipinski definition) is 9. The number of carbonyl (C=O) groups excluding carboxylic acids is 2. The van der Waals surface area contributed by atoms with E-state index >= 15 is 0 Å². The molecule has 0 unspecified atom stereocenters. The Kier molecular flexibility index (Phi) is 7.06. The Morgan fingerprint density at radius 3 is 2.73 bits per heavy atom. The number of hydrogen-bond donors (Lipinski definition) is 1. The van der Waals surface area contributed by atoms with E-state index in [-0.39, 0.29) is 47.3 Å². The highest BCUT2D eigenvalue weighted by molar-refractivity contribution is 8.00. The van der Waals surface area contributed by atoms with Gasteiger partial charge in [0.15, 0.2) is 12.4 Å². The number of furan rings is 1. The van der Waals surface area contributed by atoms with E-state index in [9.17, 15) is 9.59 Å². The van der Waals surface area contributed by atoms with Crippen molar-refractivity contribution in [1.29, 1.82) is 0 Å². The lowest BCUT2D eigenvalue weighted by Gasteiger charge is -2.07. The Bertz CT molecular complexity index is 1120. The zero-order valence-corrected chi connectivity index (χ0v) is 18.4. The number of nitrogens with zero attached hydrogens (tertiary/aromatic N) is 2. The van der Waals surface area contributed by atoms with Gasteiger partial charge in [-0.1, -0.05) is 23.2 Å². The first-order valence-corrected chi connectivity index (χ1v) is 10.5. The molecular formula is C19H17Cl2N3O5S. The summed E-state index contributed by atoms with van der Waals surface area (Å²) in [6.07, 6.45) is 0. The van der Waals surface area contributed by atoms with Crippen molar-refractivity contribution >= 4 is 63.8 Å². The fraction of sp³-hybridized carbons (Fsp3) is 0.263. The largest absolute Gasteiger partial charge is 0.462 e. The molecule has 0 amide bonds. The van der Waals surface area contributed by atoms with E-state index in [4.69, 9.17) is 42.8 Å². The topological polar surface area (TPSA) is 118 Å². The summed E-state index contributed by atoms with van der Waals surface area (Å²) in [6, 6.07) is 4.98. The van der Waals surface area contributed by atoms with Gasteiger partial charge in [-0.25, -0.2) is 9.78 Å². The van der Waals surface area contributed by atoms with Crippen LogP contribution in [0.5, 0.6) is 0 Å². The van der Waals surface area contributed by atoms with Crippen molar-refractivity contribution in [3.63, 3.8) is 0 Å². The summed E-state index contributed by atoms with van der Waals surface area (Å²) in [7, 11) is 0. The van der Waals surface area contributed by atoms with Crippen LogP contribution in [0.2, 0.25) is 10.0 Å². The average Bonchev–Trinajstić information content (AvgIpc) is 3.03. The quantitative estimate of drug-likeness (QED) is 0.395. The third kappa shape index (κ3) is 4.97. The van der Waals surface area contributed by atoms with E-state index in [0.717, 1.165) is 0 Å². The first-order valence-electron chi connectivity index (χ1n) is 8.76. The number of carbonyl (C=O) groups is 2. The van der Waals surface area contributed by atoms with Crippen LogP contribution in [0, 0.1) is 6.92 Å². The second kappa shape index (κ2) is 9.55. The summed E-state index contributed by atoms with van der Waals surface area (Å²) in [6.45, 7) is 3.29. The Morgan fingerprint density at radius 1 is 1.23 bits per heavy atom. The van der Waals surface area contributed by atoms with Gasteiger partial charge in [-0.05, 0) is 32.0 Å². The van der Waals surface area contributed by atoms with Gasteiger partial charge < -0.3 is 19.6 Å². The molecule has 8 nitrogen and oxygen atoms in total. The van der Waals surface area contributed by atoms with Crippen LogP contribution >= 0.6 is 35.0 Å². The lowest BCUT2D eigenvalue weighted by molar-refractivity contribution is -0.141. The average molecular weight is 470 g/mol. The maximum atomic E-state index is 12.1. The van der Waals surface area contributed by atoms with E-state index < -0.39 is 11.9 Å². The molecule has 158 valence electrons. The van der Waals surface area contributed by atoms with Gasteiger partial charge in [0.05, 0.1) is 22.8 Å². The highest BCUT2D eigenvalue weighted by Crippen LogP contribution is 2.30. The Balaban J connectivity index is 1.68. The third-order valence-electron chi connectivity index (χ3n) is 3.88. The number of benzene rings is 1. The molecule has 3 rings (SSSR count). The van der Waals surface area contributed by atoms with Gasteiger partial charge in [-0.2, -0.15) is 4.98 Å². The highest BCUT2D eigenvalue weighted by atomic mass is 35.5. The molecule has 0 radical (unpaired) electrons. The minimum Gasteiger partial charge on any atom is -0.462 e. The lowest BCUT2D eigenvalue weighted by atomic mass is 10.2. The molecule has 3 aromatic rings. The molecule has 0 spiro atoms. The zero-order valence-electron chi connectivity index (χ0n) is 16.0. The van der Waals surface area contributed by atoms with Crippen LogP contribution in [-0.4, -0.2) is 34.3 Å². The number of rotatable bonds is 7. The molecule has 0 atom stereocenters. The van der Waals surface area contributed by atoms with Crippen LogP contribution in [-0.2, 0) is 20.9 Å². The summed E-state index contributed by atoms with van der Waals surface area (Å²) in [5, 5.41) is 1.28. The standard InChI is InChI=1S/C19H17Cl2N3O5S/c1-3-27-19(26)15-9(2)29-18-16(15)17(22)23-13(24-18)7-28-14(25)8-30-12-6-10(20)4-5-11(12)21/h4-6H,3,7-8H2,1-2H3,(H2,22,23,24). The third-order valence-corrected chi connectivity index (χ3v) is 5.59. The number of nitrogen functional groups attached to an aromatic ring is 1. The van der Waals surface area contributed by atoms with Crippen molar-refractivity contribution in [3.05, 3.63) is 45.4 Å². The van der Waals surface area contributed by atoms with E-state index in [1.54, 1.807) is 32.0 Å². The predicted molar refractivity (Wildman–Crippen MR) is 114 cm³/mol. The zero-order chi connectivity index (χ0) is 21.8. The molecule has 0 bridgehead atoms. The van der Waals surface area contributed by atoms with Crippen LogP contribution in [0.15, 0.2) is 27.5 Å². The Morgan fingerprint density at radius 2 is 2.00 bits per heavy atom. The maximum Gasteiger partial charge on any atom is 0.342 e. The minimum atomic E-state index is -0.570. The van der Waals surface area contributed by atoms with Crippen LogP contribution < -0.4 is 5.73 Å². The number of esters is 2. The molecule has 2 N–H and O–H groups in total. The number of fused-ring (bicyclic) bond motifs is 1. The number of aryl methyl sites for hydroxylation is 1. The first-order chi connectivity index (χ1) is 14.3.